The zero-order chi connectivity index (χ0) is 25.7. The third-order valence-corrected chi connectivity index (χ3v) is 6.98. The van der Waals surface area contributed by atoms with Crippen molar-refractivity contribution >= 4 is 34.9 Å². The highest BCUT2D eigenvalue weighted by molar-refractivity contribution is 7.10. The number of nitro groups is 1. The number of hydrogen-bond donors (Lipinski definition) is 0. The lowest BCUT2D eigenvalue weighted by atomic mass is 9.93. The Morgan fingerprint density at radius 1 is 1.17 bits per heavy atom. The monoisotopic (exact) mass is 505 g/mol. The molecule has 184 valence electrons. The molecule has 0 saturated carbocycles. The number of nitro benzene ring substituents is 1. The van der Waals surface area contributed by atoms with Crippen LogP contribution in [0.2, 0.25) is 0 Å². The van der Waals surface area contributed by atoms with Crippen molar-refractivity contribution in [2.45, 2.75) is 12.5 Å². The average Bonchev–Trinajstić information content (AvgIpc) is 3.36. The van der Waals surface area contributed by atoms with Crippen LogP contribution in [0.1, 0.15) is 27.6 Å². The van der Waals surface area contributed by atoms with Crippen LogP contribution in [-0.4, -0.2) is 46.2 Å². The van der Waals surface area contributed by atoms with Crippen molar-refractivity contribution in [3.8, 4) is 0 Å². The Morgan fingerprint density at radius 3 is 2.56 bits per heavy atom. The van der Waals surface area contributed by atoms with E-state index in [0.717, 1.165) is 11.1 Å². The first-order chi connectivity index (χ1) is 17.4. The van der Waals surface area contributed by atoms with E-state index in [9.17, 15) is 24.1 Å². The van der Waals surface area contributed by atoms with Crippen molar-refractivity contribution in [3.05, 3.63) is 116 Å². The fourth-order valence-electron chi connectivity index (χ4n) is 4.21. The van der Waals surface area contributed by atoms with Gasteiger partial charge in [0.25, 0.3) is 5.69 Å². The molecule has 0 saturated heterocycles. The Hall–Kier alpha value is -4.11. The number of amides is 2. The van der Waals surface area contributed by atoms with Crippen LogP contribution in [0.15, 0.2) is 78.7 Å². The van der Waals surface area contributed by atoms with Crippen molar-refractivity contribution in [2.24, 2.45) is 0 Å². The molecule has 0 N–H and O–H groups in total. The lowest BCUT2D eigenvalue weighted by Gasteiger charge is -2.37. The summed E-state index contributed by atoms with van der Waals surface area (Å²) < 4.78 is 13.6. The topological polar surface area (TPSA) is 83.8 Å². The fourth-order valence-corrected chi connectivity index (χ4v) is 5.12. The molecule has 1 aliphatic heterocycles. The minimum Gasteiger partial charge on any atom is -0.330 e. The smallest absolute Gasteiger partial charge is 0.269 e. The lowest BCUT2D eigenvalue weighted by Crippen LogP contribution is -2.46. The number of halogens is 1. The zero-order valence-electron chi connectivity index (χ0n) is 19.4. The SMILES string of the molecule is C=CCN(CC(=O)N1CCc2sccc2C1c1ccc(F)cc1)C(=O)C=Cc1ccc([N+](=O)[O-])cc1. The maximum Gasteiger partial charge on any atom is 0.269 e. The molecule has 9 heteroatoms. The average molecular weight is 506 g/mol. The van der Waals surface area contributed by atoms with E-state index in [1.165, 1.54) is 40.1 Å². The highest BCUT2D eigenvalue weighted by atomic mass is 32.1. The van der Waals surface area contributed by atoms with Gasteiger partial charge in [-0.3, -0.25) is 19.7 Å². The van der Waals surface area contributed by atoms with Crippen LogP contribution in [0.4, 0.5) is 10.1 Å². The Balaban J connectivity index is 1.52. The van der Waals surface area contributed by atoms with Gasteiger partial charge in [-0.1, -0.05) is 18.2 Å². The summed E-state index contributed by atoms with van der Waals surface area (Å²) in [6, 6.07) is 13.6. The number of nitrogens with zero attached hydrogens (tertiary/aromatic N) is 3. The van der Waals surface area contributed by atoms with Crippen LogP contribution in [0.5, 0.6) is 0 Å². The third-order valence-electron chi connectivity index (χ3n) is 5.98. The van der Waals surface area contributed by atoms with Gasteiger partial charge in [0, 0.05) is 36.2 Å². The molecule has 1 atom stereocenters. The first-order valence-corrected chi connectivity index (χ1v) is 12.2. The van der Waals surface area contributed by atoms with E-state index in [1.54, 1.807) is 52.7 Å². The highest BCUT2D eigenvalue weighted by Crippen LogP contribution is 2.37. The van der Waals surface area contributed by atoms with Gasteiger partial charge in [-0.05, 0) is 64.9 Å². The maximum atomic E-state index is 13.6. The molecule has 7 nitrogen and oxygen atoms in total. The van der Waals surface area contributed by atoms with E-state index in [0.29, 0.717) is 18.5 Å². The van der Waals surface area contributed by atoms with Gasteiger partial charge in [0.1, 0.15) is 12.4 Å². The standard InChI is InChI=1S/C27H24FN3O4S/c1-2-15-29(25(32)12-5-19-3-10-22(11-4-19)31(34)35)18-26(33)30-16-13-24-23(14-17-36-24)27(30)20-6-8-21(28)9-7-20/h2-12,14,17,27H,1,13,15-16,18H2. The first-order valence-electron chi connectivity index (χ1n) is 11.3. The molecular weight excluding hydrogens is 481 g/mol. The van der Waals surface area contributed by atoms with Gasteiger partial charge in [-0.25, -0.2) is 4.39 Å². The predicted molar refractivity (Wildman–Crippen MR) is 137 cm³/mol. The number of non-ortho nitro benzene ring substituents is 1. The summed E-state index contributed by atoms with van der Waals surface area (Å²) >= 11 is 1.64. The largest absolute Gasteiger partial charge is 0.330 e. The first kappa shape index (κ1) is 25.0. The van der Waals surface area contributed by atoms with Crippen molar-refractivity contribution in [1.29, 1.82) is 0 Å². The van der Waals surface area contributed by atoms with Crippen molar-refractivity contribution in [1.82, 2.24) is 9.80 Å². The lowest BCUT2D eigenvalue weighted by molar-refractivity contribution is -0.384. The molecule has 2 heterocycles. The van der Waals surface area contributed by atoms with Crippen LogP contribution in [0.25, 0.3) is 6.08 Å². The van der Waals surface area contributed by atoms with Gasteiger partial charge in [0.15, 0.2) is 0 Å². The molecule has 1 aromatic heterocycles. The second kappa shape index (κ2) is 11.1. The highest BCUT2D eigenvalue weighted by Gasteiger charge is 2.33. The molecular formula is C27H24FN3O4S. The Morgan fingerprint density at radius 2 is 1.89 bits per heavy atom. The summed E-state index contributed by atoms with van der Waals surface area (Å²) in [6.45, 7) is 4.22. The second-order valence-corrected chi connectivity index (χ2v) is 9.28. The van der Waals surface area contributed by atoms with Gasteiger partial charge in [0.2, 0.25) is 11.8 Å². The molecule has 2 aromatic carbocycles. The predicted octanol–water partition coefficient (Wildman–Crippen LogP) is 5.00. The normalized spacial score (nSPS) is 14.9. The van der Waals surface area contributed by atoms with E-state index in [2.05, 4.69) is 6.58 Å². The minimum absolute atomic E-state index is 0.0385. The molecule has 0 aliphatic carbocycles. The molecule has 0 spiro atoms. The van der Waals surface area contributed by atoms with Gasteiger partial charge in [0.05, 0.1) is 11.0 Å². The summed E-state index contributed by atoms with van der Waals surface area (Å²) in [5.74, 6) is -0.950. The zero-order valence-corrected chi connectivity index (χ0v) is 20.2. The quantitative estimate of drug-likeness (QED) is 0.187. The number of fused-ring (bicyclic) bond motifs is 1. The molecule has 3 aromatic rings. The van der Waals surface area contributed by atoms with Gasteiger partial charge in [-0.2, -0.15) is 0 Å². The molecule has 1 aliphatic rings. The van der Waals surface area contributed by atoms with Crippen LogP contribution in [-0.2, 0) is 16.0 Å². The summed E-state index contributed by atoms with van der Waals surface area (Å²) in [5, 5.41) is 12.8. The number of benzene rings is 2. The van der Waals surface area contributed by atoms with E-state index < -0.39 is 4.92 Å². The Labute approximate surface area is 211 Å². The van der Waals surface area contributed by atoms with E-state index in [1.807, 2.05) is 11.4 Å². The molecule has 1 unspecified atom stereocenters. The van der Waals surface area contributed by atoms with E-state index >= 15 is 0 Å². The summed E-state index contributed by atoms with van der Waals surface area (Å²) in [4.78, 5) is 41.1. The van der Waals surface area contributed by atoms with Crippen molar-refractivity contribution in [3.63, 3.8) is 0 Å². The molecule has 4 rings (SSSR count). The van der Waals surface area contributed by atoms with Gasteiger partial charge in [-0.15, -0.1) is 17.9 Å². The van der Waals surface area contributed by atoms with E-state index in [4.69, 9.17) is 0 Å². The van der Waals surface area contributed by atoms with Crippen LogP contribution in [0.3, 0.4) is 0 Å². The number of thiophene rings is 1. The van der Waals surface area contributed by atoms with Crippen LogP contribution < -0.4 is 0 Å². The Kier molecular flexibility index (Phi) is 7.70. The molecule has 0 bridgehead atoms. The van der Waals surface area contributed by atoms with Gasteiger partial charge < -0.3 is 9.80 Å². The fraction of sp³-hybridized carbons (Fsp3) is 0.185. The van der Waals surface area contributed by atoms with Crippen LogP contribution >= 0.6 is 11.3 Å². The number of rotatable bonds is 8. The summed E-state index contributed by atoms with van der Waals surface area (Å²) in [6.07, 6.45) is 5.15. The molecule has 0 radical (unpaired) electrons. The second-order valence-electron chi connectivity index (χ2n) is 8.28. The summed E-state index contributed by atoms with van der Waals surface area (Å²) in [7, 11) is 0. The minimum atomic E-state index is -0.491. The van der Waals surface area contributed by atoms with Crippen molar-refractivity contribution in [2.75, 3.05) is 19.6 Å². The Bertz CT molecular complexity index is 1300. The molecule has 0 fully saturated rings. The number of carbonyl (C=O) groups excluding carboxylic acids is 2. The van der Waals surface area contributed by atoms with Crippen molar-refractivity contribution < 1.29 is 18.9 Å². The summed E-state index contributed by atoms with van der Waals surface area (Å²) in [5.41, 5.74) is 2.41. The molecule has 2 amide bonds. The van der Waals surface area contributed by atoms with Gasteiger partial charge >= 0.3 is 0 Å². The van der Waals surface area contributed by atoms with E-state index in [-0.39, 0.29) is 42.5 Å². The molecule has 36 heavy (non-hydrogen) atoms. The maximum absolute atomic E-state index is 13.6. The van der Waals surface area contributed by atoms with Crippen LogP contribution in [0, 0.1) is 15.9 Å². The number of carbonyl (C=O) groups is 2. The third kappa shape index (κ3) is 5.58. The number of hydrogen-bond acceptors (Lipinski definition) is 5.